The lowest BCUT2D eigenvalue weighted by Crippen LogP contribution is -2.63. The summed E-state index contributed by atoms with van der Waals surface area (Å²) in [5, 5.41) is 39.9. The molecule has 0 aliphatic heterocycles. The van der Waals surface area contributed by atoms with Gasteiger partial charge in [-0.3, -0.25) is 0 Å². The monoisotopic (exact) mass is 384 g/mol. The molecule has 0 unspecified atom stereocenters. The minimum atomic E-state index is -0.470. The van der Waals surface area contributed by atoms with Gasteiger partial charge in [-0.2, -0.15) is 0 Å². The van der Waals surface area contributed by atoms with E-state index in [2.05, 4.69) is 0 Å². The third kappa shape index (κ3) is 2.87. The maximum atomic E-state index is 10.2. The van der Waals surface area contributed by atoms with E-state index < -0.39 is 11.2 Å². The van der Waals surface area contributed by atoms with Gasteiger partial charge in [0.15, 0.2) is 23.0 Å². The lowest BCUT2D eigenvalue weighted by atomic mass is 9.52. The van der Waals surface area contributed by atoms with Crippen molar-refractivity contribution >= 4 is 0 Å². The summed E-state index contributed by atoms with van der Waals surface area (Å²) in [4.78, 5) is 0. The van der Waals surface area contributed by atoms with Crippen molar-refractivity contribution in [2.75, 3.05) is 0 Å². The normalized spacial score (nSPS) is 33.0. The van der Waals surface area contributed by atoms with Crippen LogP contribution in [0.3, 0.4) is 0 Å². The highest BCUT2D eigenvalue weighted by Gasteiger charge is 2.61. The van der Waals surface area contributed by atoms with Gasteiger partial charge in [0.2, 0.25) is 0 Å². The first-order chi connectivity index (χ1) is 13.3. The second-order valence-electron chi connectivity index (χ2n) is 8.84. The molecule has 4 N–H and O–H groups in total. The van der Waals surface area contributed by atoms with Gasteiger partial charge in [0.05, 0.1) is 0 Å². The van der Waals surface area contributed by atoms with Gasteiger partial charge < -0.3 is 29.9 Å². The zero-order valence-corrected chi connectivity index (χ0v) is 15.5. The number of phenolic OH excluding ortho intramolecular Hbond substituents is 4. The van der Waals surface area contributed by atoms with Gasteiger partial charge in [-0.15, -0.1) is 0 Å². The lowest BCUT2D eigenvalue weighted by molar-refractivity contribution is -0.177. The van der Waals surface area contributed by atoms with Crippen LogP contribution in [-0.2, 0) is 0 Å². The first-order valence-corrected chi connectivity index (χ1v) is 9.76. The highest BCUT2D eigenvalue weighted by Crippen LogP contribution is 2.60. The Balaban J connectivity index is 1.47. The maximum Gasteiger partial charge on any atom is 0.165 e. The Morgan fingerprint density at radius 2 is 1.11 bits per heavy atom. The highest BCUT2D eigenvalue weighted by molar-refractivity contribution is 5.46. The van der Waals surface area contributed by atoms with Crippen LogP contribution in [0.4, 0.5) is 0 Å². The van der Waals surface area contributed by atoms with E-state index in [0.29, 0.717) is 18.3 Å². The van der Waals surface area contributed by atoms with Gasteiger partial charge in [0, 0.05) is 18.6 Å². The van der Waals surface area contributed by atoms with Crippen LogP contribution in [0.1, 0.15) is 38.5 Å². The molecule has 4 aliphatic carbocycles. The van der Waals surface area contributed by atoms with Gasteiger partial charge in [-0.1, -0.05) is 0 Å². The molecule has 2 aromatic carbocycles. The van der Waals surface area contributed by atoms with Crippen LogP contribution >= 0.6 is 0 Å². The van der Waals surface area contributed by atoms with Crippen molar-refractivity contribution in [3.8, 4) is 34.5 Å². The number of phenols is 4. The van der Waals surface area contributed by atoms with Crippen LogP contribution < -0.4 is 9.47 Å². The predicted octanol–water partition coefficient (Wildman–Crippen LogP) is 4.06. The van der Waals surface area contributed by atoms with Crippen molar-refractivity contribution in [2.24, 2.45) is 11.8 Å². The molecule has 6 rings (SSSR count). The van der Waals surface area contributed by atoms with Crippen LogP contribution in [-0.4, -0.2) is 31.6 Å². The molecule has 4 saturated carbocycles. The number of ether oxygens (including phenoxy) is 2. The third-order valence-electron chi connectivity index (χ3n) is 6.49. The summed E-state index contributed by atoms with van der Waals surface area (Å²) in [6.45, 7) is 0. The molecule has 2 aromatic rings. The van der Waals surface area contributed by atoms with Crippen molar-refractivity contribution in [1.29, 1.82) is 0 Å². The standard InChI is InChI=1S/C22H24O6/c23-15-1-3-17(25)19(6-15)27-21-8-13-5-14(9-21)11-22(10-13,12-21)28-20-7-16(24)2-4-18(20)26/h1-4,6-7,13-14,23-26H,5,8-12H2. The predicted molar refractivity (Wildman–Crippen MR) is 101 cm³/mol. The maximum absolute atomic E-state index is 10.2. The molecule has 0 spiro atoms. The highest BCUT2D eigenvalue weighted by atomic mass is 16.5. The fourth-order valence-corrected chi connectivity index (χ4v) is 5.97. The average Bonchev–Trinajstić information content (AvgIpc) is 2.60. The summed E-state index contributed by atoms with van der Waals surface area (Å²) in [5.41, 5.74) is -0.941. The Kier molecular flexibility index (Phi) is 3.63. The number of hydrogen-bond donors (Lipinski definition) is 4. The molecule has 0 amide bonds. The molecule has 0 atom stereocenters. The van der Waals surface area contributed by atoms with Crippen LogP contribution in [0.15, 0.2) is 36.4 Å². The van der Waals surface area contributed by atoms with E-state index in [0.717, 1.165) is 32.1 Å². The van der Waals surface area contributed by atoms with E-state index in [9.17, 15) is 20.4 Å². The molecule has 6 nitrogen and oxygen atoms in total. The van der Waals surface area contributed by atoms with E-state index in [4.69, 9.17) is 9.47 Å². The number of benzene rings is 2. The second kappa shape index (κ2) is 5.87. The number of aromatic hydroxyl groups is 4. The largest absolute Gasteiger partial charge is 0.508 e. The summed E-state index contributed by atoms with van der Waals surface area (Å²) in [6.07, 6.45) is 5.31. The summed E-state index contributed by atoms with van der Waals surface area (Å²) >= 11 is 0. The van der Waals surface area contributed by atoms with Crippen LogP contribution in [0.25, 0.3) is 0 Å². The van der Waals surface area contributed by atoms with E-state index in [1.54, 1.807) is 0 Å². The van der Waals surface area contributed by atoms with Gasteiger partial charge >= 0.3 is 0 Å². The Morgan fingerprint density at radius 1 is 0.679 bits per heavy atom. The first-order valence-electron chi connectivity index (χ1n) is 9.76. The van der Waals surface area contributed by atoms with E-state index in [-0.39, 0.29) is 34.5 Å². The molecule has 28 heavy (non-hydrogen) atoms. The molecule has 4 fully saturated rings. The minimum absolute atomic E-state index is 0.00846. The first kappa shape index (κ1) is 17.3. The fraction of sp³-hybridized carbons (Fsp3) is 0.455. The van der Waals surface area contributed by atoms with Gasteiger partial charge in [-0.25, -0.2) is 0 Å². The molecular weight excluding hydrogens is 360 g/mol. The summed E-state index contributed by atoms with van der Waals surface area (Å²) < 4.78 is 12.7. The van der Waals surface area contributed by atoms with E-state index in [1.807, 2.05) is 0 Å². The SMILES string of the molecule is Oc1ccc(O)c(OC23CC4CC(C2)CC(Oc2cc(O)ccc2O)(C4)C3)c1. The smallest absolute Gasteiger partial charge is 0.165 e. The molecule has 4 bridgehead atoms. The quantitative estimate of drug-likeness (QED) is 0.594. The number of rotatable bonds is 4. The Morgan fingerprint density at radius 3 is 1.54 bits per heavy atom. The van der Waals surface area contributed by atoms with Gasteiger partial charge in [-0.05, 0) is 68.2 Å². The van der Waals surface area contributed by atoms with Crippen molar-refractivity contribution in [1.82, 2.24) is 0 Å². The summed E-state index contributed by atoms with van der Waals surface area (Å²) in [7, 11) is 0. The van der Waals surface area contributed by atoms with Crippen molar-refractivity contribution in [2.45, 2.75) is 49.7 Å². The molecule has 6 heteroatoms. The zero-order chi connectivity index (χ0) is 19.5. The second-order valence-corrected chi connectivity index (χ2v) is 8.84. The topological polar surface area (TPSA) is 99.4 Å². The summed E-state index contributed by atoms with van der Waals surface area (Å²) in [5.74, 6) is 1.58. The molecular formula is C22H24O6. The molecule has 148 valence electrons. The molecule has 0 radical (unpaired) electrons. The van der Waals surface area contributed by atoms with Crippen LogP contribution in [0.2, 0.25) is 0 Å². The molecule has 4 aliphatic rings. The minimum Gasteiger partial charge on any atom is -0.508 e. The van der Waals surface area contributed by atoms with Gasteiger partial charge in [0.1, 0.15) is 22.7 Å². The fourth-order valence-electron chi connectivity index (χ4n) is 5.97. The van der Waals surface area contributed by atoms with Gasteiger partial charge in [0.25, 0.3) is 0 Å². The molecule has 0 saturated heterocycles. The van der Waals surface area contributed by atoms with Crippen molar-refractivity contribution in [3.63, 3.8) is 0 Å². The molecule has 0 aromatic heterocycles. The van der Waals surface area contributed by atoms with Crippen LogP contribution in [0, 0.1) is 11.8 Å². The lowest BCUT2D eigenvalue weighted by Gasteiger charge is -2.60. The number of hydrogen-bond acceptors (Lipinski definition) is 6. The Hall–Kier alpha value is -2.76. The van der Waals surface area contributed by atoms with E-state index in [1.165, 1.54) is 36.4 Å². The third-order valence-corrected chi connectivity index (χ3v) is 6.49. The summed E-state index contributed by atoms with van der Waals surface area (Å²) in [6, 6.07) is 8.61. The van der Waals surface area contributed by atoms with Crippen molar-refractivity contribution in [3.05, 3.63) is 36.4 Å². The Bertz CT molecular complexity index is 838. The zero-order valence-electron chi connectivity index (χ0n) is 15.5. The van der Waals surface area contributed by atoms with Crippen molar-refractivity contribution < 1.29 is 29.9 Å². The Labute approximate surface area is 163 Å². The molecule has 0 heterocycles. The van der Waals surface area contributed by atoms with Crippen LogP contribution in [0.5, 0.6) is 34.5 Å². The van der Waals surface area contributed by atoms with E-state index >= 15 is 0 Å². The average molecular weight is 384 g/mol.